The predicted molar refractivity (Wildman–Crippen MR) is 87.4 cm³/mol. The molecule has 1 aromatic carbocycles. The Balaban J connectivity index is 2.45. The molecular formula is C16H23N3O4. The number of imide groups is 1. The lowest BCUT2D eigenvalue weighted by molar-refractivity contribution is -0.139. The molecule has 23 heavy (non-hydrogen) atoms. The molecule has 3 amide bonds. The molecular weight excluding hydrogens is 298 g/mol. The summed E-state index contributed by atoms with van der Waals surface area (Å²) in [5.74, 6) is -1.60. The van der Waals surface area contributed by atoms with E-state index in [4.69, 9.17) is 5.11 Å². The van der Waals surface area contributed by atoms with Gasteiger partial charge in [0.05, 0.1) is 6.54 Å². The summed E-state index contributed by atoms with van der Waals surface area (Å²) in [6.07, 6.45) is 1.09. The van der Waals surface area contributed by atoms with Gasteiger partial charge in [0.15, 0.2) is 0 Å². The van der Waals surface area contributed by atoms with E-state index < -0.39 is 23.9 Å². The molecule has 0 aliphatic heterocycles. The monoisotopic (exact) mass is 321 g/mol. The van der Waals surface area contributed by atoms with E-state index in [-0.39, 0.29) is 6.54 Å². The second kappa shape index (κ2) is 8.89. The van der Waals surface area contributed by atoms with Crippen molar-refractivity contribution in [3.05, 3.63) is 29.3 Å². The Kier molecular flexibility index (Phi) is 7.21. The van der Waals surface area contributed by atoms with Crippen molar-refractivity contribution in [3.63, 3.8) is 0 Å². The van der Waals surface area contributed by atoms with Crippen molar-refractivity contribution in [1.82, 2.24) is 10.6 Å². The van der Waals surface area contributed by atoms with Gasteiger partial charge in [0.25, 0.3) is 0 Å². The zero-order valence-corrected chi connectivity index (χ0v) is 13.6. The van der Waals surface area contributed by atoms with Gasteiger partial charge in [0, 0.05) is 5.69 Å². The Hall–Kier alpha value is -2.41. The fraction of sp³-hybridized carbons (Fsp3) is 0.438. The topological polar surface area (TPSA) is 108 Å². The van der Waals surface area contributed by atoms with Gasteiger partial charge in [-0.15, -0.1) is 0 Å². The smallest absolute Gasteiger partial charge is 0.325 e. The summed E-state index contributed by atoms with van der Waals surface area (Å²) in [7, 11) is 0. The van der Waals surface area contributed by atoms with E-state index in [0.29, 0.717) is 18.5 Å². The Morgan fingerprint density at radius 2 is 1.87 bits per heavy atom. The summed E-state index contributed by atoms with van der Waals surface area (Å²) in [6.45, 7) is 5.50. The molecule has 1 unspecified atom stereocenters. The van der Waals surface area contributed by atoms with Crippen LogP contribution in [0.1, 0.15) is 30.9 Å². The van der Waals surface area contributed by atoms with Gasteiger partial charge in [-0.3, -0.25) is 20.2 Å². The highest BCUT2D eigenvalue weighted by molar-refractivity contribution is 6.01. The highest BCUT2D eigenvalue weighted by Crippen LogP contribution is 2.13. The number of carboxylic acid groups (broad SMARTS) is 1. The van der Waals surface area contributed by atoms with Gasteiger partial charge >= 0.3 is 12.0 Å². The summed E-state index contributed by atoms with van der Waals surface area (Å²) in [4.78, 5) is 34.4. The van der Waals surface area contributed by atoms with Crippen LogP contribution in [0.25, 0.3) is 0 Å². The van der Waals surface area contributed by atoms with E-state index in [1.807, 2.05) is 26.8 Å². The van der Waals surface area contributed by atoms with Crippen LogP contribution in [0, 0.1) is 13.8 Å². The van der Waals surface area contributed by atoms with Crippen molar-refractivity contribution in [2.75, 3.05) is 11.9 Å². The zero-order valence-electron chi connectivity index (χ0n) is 13.6. The van der Waals surface area contributed by atoms with Crippen LogP contribution in [0.15, 0.2) is 18.2 Å². The van der Waals surface area contributed by atoms with Crippen molar-refractivity contribution >= 4 is 23.6 Å². The summed E-state index contributed by atoms with van der Waals surface area (Å²) in [6, 6.07) is 3.97. The van der Waals surface area contributed by atoms with Crippen LogP contribution in [0.4, 0.5) is 10.5 Å². The lowest BCUT2D eigenvalue weighted by Gasteiger charge is -2.13. The minimum absolute atomic E-state index is 0.239. The molecule has 1 atom stereocenters. The summed E-state index contributed by atoms with van der Waals surface area (Å²) >= 11 is 0. The first-order valence-corrected chi connectivity index (χ1v) is 7.47. The Morgan fingerprint density at radius 3 is 2.43 bits per heavy atom. The zero-order chi connectivity index (χ0) is 17.4. The Morgan fingerprint density at radius 1 is 1.17 bits per heavy atom. The van der Waals surface area contributed by atoms with Gasteiger partial charge in [-0.2, -0.15) is 0 Å². The third-order valence-electron chi connectivity index (χ3n) is 3.40. The number of carboxylic acids is 1. The van der Waals surface area contributed by atoms with E-state index in [1.54, 1.807) is 12.1 Å². The lowest BCUT2D eigenvalue weighted by Crippen LogP contribution is -2.45. The number of nitrogens with one attached hydrogen (secondary N) is 3. The van der Waals surface area contributed by atoms with Gasteiger partial charge in [-0.1, -0.05) is 19.4 Å². The number of benzene rings is 1. The van der Waals surface area contributed by atoms with Crippen LogP contribution in [0.5, 0.6) is 0 Å². The first-order chi connectivity index (χ1) is 10.8. The number of amides is 3. The number of hydrogen-bond donors (Lipinski definition) is 4. The number of hydrogen-bond acceptors (Lipinski definition) is 4. The molecule has 0 aromatic heterocycles. The summed E-state index contributed by atoms with van der Waals surface area (Å²) < 4.78 is 0. The number of carbonyl (C=O) groups excluding carboxylic acids is 2. The SMILES string of the molecule is CCCC(NCC(=O)NC(=O)Nc1ccc(C)c(C)c1)C(=O)O. The van der Waals surface area contributed by atoms with Crippen molar-refractivity contribution in [3.8, 4) is 0 Å². The van der Waals surface area contributed by atoms with Crippen LogP contribution in [0.3, 0.4) is 0 Å². The Labute approximate surface area is 135 Å². The fourth-order valence-corrected chi connectivity index (χ4v) is 1.97. The van der Waals surface area contributed by atoms with Gasteiger partial charge in [-0.25, -0.2) is 4.79 Å². The molecule has 1 rings (SSSR count). The normalized spacial score (nSPS) is 11.6. The maximum absolute atomic E-state index is 11.7. The molecule has 126 valence electrons. The van der Waals surface area contributed by atoms with Crippen molar-refractivity contribution in [2.24, 2.45) is 0 Å². The molecule has 0 aliphatic carbocycles. The second-order valence-corrected chi connectivity index (χ2v) is 5.36. The molecule has 1 aromatic rings. The maximum atomic E-state index is 11.7. The molecule has 0 fully saturated rings. The molecule has 0 aliphatic rings. The minimum atomic E-state index is -1.01. The average Bonchev–Trinajstić information content (AvgIpc) is 2.46. The molecule has 4 N–H and O–H groups in total. The lowest BCUT2D eigenvalue weighted by atomic mass is 10.1. The molecule has 0 saturated heterocycles. The standard InChI is InChI=1S/C16H23N3O4/c1-4-5-13(15(21)22)17-9-14(20)19-16(23)18-12-7-6-10(2)11(3)8-12/h6-8,13,17H,4-5,9H2,1-3H3,(H,21,22)(H2,18,19,20,23). The average molecular weight is 321 g/mol. The molecule has 7 heteroatoms. The van der Waals surface area contributed by atoms with E-state index in [1.165, 1.54) is 0 Å². The van der Waals surface area contributed by atoms with Crippen LogP contribution in [-0.2, 0) is 9.59 Å². The van der Waals surface area contributed by atoms with Crippen molar-refractivity contribution in [2.45, 2.75) is 39.7 Å². The summed E-state index contributed by atoms with van der Waals surface area (Å²) in [5, 5.41) is 16.3. The van der Waals surface area contributed by atoms with Crippen LogP contribution in [-0.4, -0.2) is 35.6 Å². The molecule has 0 heterocycles. The molecule has 7 nitrogen and oxygen atoms in total. The van der Waals surface area contributed by atoms with Gasteiger partial charge in [-0.05, 0) is 43.5 Å². The number of aryl methyl sites for hydroxylation is 2. The van der Waals surface area contributed by atoms with E-state index >= 15 is 0 Å². The number of carbonyl (C=O) groups is 3. The fourth-order valence-electron chi connectivity index (χ4n) is 1.97. The second-order valence-electron chi connectivity index (χ2n) is 5.36. The first-order valence-electron chi connectivity index (χ1n) is 7.47. The van der Waals surface area contributed by atoms with E-state index in [2.05, 4.69) is 16.0 Å². The third-order valence-corrected chi connectivity index (χ3v) is 3.40. The van der Waals surface area contributed by atoms with Gasteiger partial charge < -0.3 is 10.4 Å². The van der Waals surface area contributed by atoms with Gasteiger partial charge in [0.2, 0.25) is 5.91 Å². The number of urea groups is 1. The quantitative estimate of drug-likeness (QED) is 0.612. The number of anilines is 1. The highest BCUT2D eigenvalue weighted by Gasteiger charge is 2.17. The van der Waals surface area contributed by atoms with Crippen molar-refractivity contribution in [1.29, 1.82) is 0 Å². The minimum Gasteiger partial charge on any atom is -0.480 e. The number of aliphatic carboxylic acids is 1. The van der Waals surface area contributed by atoms with E-state index in [9.17, 15) is 14.4 Å². The molecule has 0 spiro atoms. The summed E-state index contributed by atoms with van der Waals surface area (Å²) in [5.41, 5.74) is 2.72. The number of rotatable bonds is 7. The Bertz CT molecular complexity index is 587. The third kappa shape index (κ3) is 6.48. The van der Waals surface area contributed by atoms with Crippen LogP contribution in [0.2, 0.25) is 0 Å². The molecule has 0 radical (unpaired) electrons. The first kappa shape index (κ1) is 18.6. The highest BCUT2D eigenvalue weighted by atomic mass is 16.4. The van der Waals surface area contributed by atoms with Crippen LogP contribution < -0.4 is 16.0 Å². The molecule has 0 saturated carbocycles. The van der Waals surface area contributed by atoms with E-state index in [0.717, 1.165) is 11.1 Å². The van der Waals surface area contributed by atoms with Gasteiger partial charge in [0.1, 0.15) is 6.04 Å². The van der Waals surface area contributed by atoms with Crippen LogP contribution >= 0.6 is 0 Å². The predicted octanol–water partition coefficient (Wildman–Crippen LogP) is 1.79. The maximum Gasteiger partial charge on any atom is 0.325 e. The molecule has 0 bridgehead atoms. The largest absolute Gasteiger partial charge is 0.480 e. The van der Waals surface area contributed by atoms with Crippen molar-refractivity contribution < 1.29 is 19.5 Å².